The fourth-order valence-electron chi connectivity index (χ4n) is 4.64. The Kier molecular flexibility index (Phi) is 5.34. The zero-order chi connectivity index (χ0) is 21.7. The van der Waals surface area contributed by atoms with E-state index in [4.69, 9.17) is 27.9 Å². The average Bonchev–Trinajstić information content (AvgIpc) is 3.42. The van der Waals surface area contributed by atoms with Crippen molar-refractivity contribution in [3.63, 3.8) is 0 Å². The Hall–Kier alpha value is -2.25. The Morgan fingerprint density at radius 1 is 1.13 bits per heavy atom. The van der Waals surface area contributed by atoms with Crippen molar-refractivity contribution in [1.82, 2.24) is 14.0 Å². The predicted molar refractivity (Wildman–Crippen MR) is 121 cm³/mol. The molecule has 1 saturated heterocycles. The molecule has 0 spiro atoms. The molecule has 1 N–H and O–H groups in total. The fraction of sp³-hybridized carbons (Fsp3) is 0.348. The first kappa shape index (κ1) is 20.6. The molecule has 1 aliphatic heterocycles. The lowest BCUT2D eigenvalue weighted by Crippen LogP contribution is -2.39. The van der Waals surface area contributed by atoms with Gasteiger partial charge in [-0.25, -0.2) is 4.79 Å². The van der Waals surface area contributed by atoms with Crippen LogP contribution in [0.1, 0.15) is 23.7 Å². The highest BCUT2D eigenvalue weighted by molar-refractivity contribution is 6.35. The lowest BCUT2D eigenvalue weighted by molar-refractivity contribution is 0.0818. The molecule has 1 fully saturated rings. The Labute approximate surface area is 190 Å². The maximum atomic E-state index is 12.2. The van der Waals surface area contributed by atoms with Gasteiger partial charge < -0.3 is 14.4 Å². The van der Waals surface area contributed by atoms with Crippen LogP contribution in [0.15, 0.2) is 53.6 Å². The standard InChI is InChI=1S/C23H23Cl2N3O3/c1-26-8-9-28(23(26)30)15-2-4-17(5-3-15)31-22-19-10-14(24)11-20(25)18(19)12-21(22)27-7-6-16(29)13-27/h2-5,8-11,16,21-22,29H,6-7,12-13H2,1H3/t16-,21+,22+/m1/s1. The molecule has 6 nitrogen and oxygen atoms in total. The number of hydrogen-bond donors (Lipinski definition) is 1. The molecule has 3 aromatic rings. The number of nitrogens with zero attached hydrogens (tertiary/aromatic N) is 3. The van der Waals surface area contributed by atoms with E-state index in [2.05, 4.69) is 4.90 Å². The number of aryl methyl sites for hydroxylation is 1. The second-order valence-corrected chi connectivity index (χ2v) is 9.10. The highest BCUT2D eigenvalue weighted by atomic mass is 35.5. The largest absolute Gasteiger partial charge is 0.484 e. The quantitative estimate of drug-likeness (QED) is 0.647. The van der Waals surface area contributed by atoms with Crippen molar-refractivity contribution in [2.24, 2.45) is 7.05 Å². The van der Waals surface area contributed by atoms with E-state index < -0.39 is 0 Å². The van der Waals surface area contributed by atoms with Crippen molar-refractivity contribution in [3.05, 3.63) is 80.4 Å². The molecule has 2 heterocycles. The van der Waals surface area contributed by atoms with E-state index in [0.717, 1.165) is 36.2 Å². The van der Waals surface area contributed by atoms with Crippen molar-refractivity contribution in [1.29, 1.82) is 0 Å². The Balaban J connectivity index is 1.45. The second-order valence-electron chi connectivity index (χ2n) is 8.26. The first-order chi connectivity index (χ1) is 14.9. The molecule has 0 amide bonds. The summed E-state index contributed by atoms with van der Waals surface area (Å²) < 4.78 is 9.58. The topological polar surface area (TPSA) is 59.6 Å². The Morgan fingerprint density at radius 2 is 1.90 bits per heavy atom. The van der Waals surface area contributed by atoms with Gasteiger partial charge in [-0.1, -0.05) is 23.2 Å². The number of hydrogen-bond acceptors (Lipinski definition) is 4. The summed E-state index contributed by atoms with van der Waals surface area (Å²) in [4.78, 5) is 14.5. The van der Waals surface area contributed by atoms with Crippen molar-refractivity contribution in [2.45, 2.75) is 31.1 Å². The van der Waals surface area contributed by atoms with Crippen molar-refractivity contribution >= 4 is 23.2 Å². The van der Waals surface area contributed by atoms with E-state index in [9.17, 15) is 9.90 Å². The molecule has 8 heteroatoms. The third kappa shape index (κ3) is 3.78. The molecule has 2 aliphatic rings. The predicted octanol–water partition coefficient (Wildman–Crippen LogP) is 3.59. The van der Waals surface area contributed by atoms with Crippen LogP contribution in [0.2, 0.25) is 10.0 Å². The van der Waals surface area contributed by atoms with Crippen LogP contribution in [0, 0.1) is 0 Å². The number of fused-ring (bicyclic) bond motifs is 1. The molecule has 5 rings (SSSR count). The molecule has 162 valence electrons. The number of halogens is 2. The fourth-order valence-corrected chi connectivity index (χ4v) is 5.23. The minimum absolute atomic E-state index is 0.0690. The third-order valence-corrected chi connectivity index (χ3v) is 6.81. The van der Waals surface area contributed by atoms with Gasteiger partial charge in [0.2, 0.25) is 0 Å². The molecule has 0 radical (unpaired) electrons. The molecular formula is C23H23Cl2N3O3. The lowest BCUT2D eigenvalue weighted by atomic mass is 10.1. The van der Waals surface area contributed by atoms with Gasteiger partial charge in [0.25, 0.3) is 0 Å². The molecule has 0 bridgehead atoms. The van der Waals surface area contributed by atoms with Crippen LogP contribution >= 0.6 is 23.2 Å². The number of β-amino-alcohol motifs (C(OH)–C–C–N with tert-alkyl or cyclic N) is 1. The molecule has 1 aliphatic carbocycles. The normalized spacial score (nSPS) is 23.3. The first-order valence-electron chi connectivity index (χ1n) is 10.3. The van der Waals surface area contributed by atoms with Crippen LogP contribution in [0.4, 0.5) is 0 Å². The van der Waals surface area contributed by atoms with Crippen molar-refractivity contribution in [2.75, 3.05) is 13.1 Å². The van der Waals surface area contributed by atoms with Gasteiger partial charge in [-0.15, -0.1) is 0 Å². The summed E-state index contributed by atoms with van der Waals surface area (Å²) in [7, 11) is 1.72. The summed E-state index contributed by atoms with van der Waals surface area (Å²) in [5.41, 5.74) is 2.72. The van der Waals surface area contributed by atoms with Gasteiger partial charge in [0.15, 0.2) is 0 Å². The minimum Gasteiger partial charge on any atom is -0.484 e. The summed E-state index contributed by atoms with van der Waals surface area (Å²) in [5.74, 6) is 0.700. The van der Waals surface area contributed by atoms with Gasteiger partial charge >= 0.3 is 5.69 Å². The van der Waals surface area contributed by atoms with Gasteiger partial charge in [-0.3, -0.25) is 9.47 Å². The van der Waals surface area contributed by atoms with E-state index in [1.54, 1.807) is 30.1 Å². The summed E-state index contributed by atoms with van der Waals surface area (Å²) >= 11 is 12.8. The highest BCUT2D eigenvalue weighted by Gasteiger charge is 2.41. The SMILES string of the molecule is Cn1ccn(-c2ccc(O[C@H]3c4cc(Cl)cc(Cl)c4C[C@@H]3N3CC[C@@H](O)C3)cc2)c1=O. The zero-order valence-corrected chi connectivity index (χ0v) is 18.6. The monoisotopic (exact) mass is 459 g/mol. The second kappa shape index (κ2) is 8.02. The van der Waals surface area contributed by atoms with E-state index in [1.165, 1.54) is 4.57 Å². The number of rotatable bonds is 4. The molecule has 0 unspecified atom stereocenters. The van der Waals surface area contributed by atoms with Gasteiger partial charge in [0, 0.05) is 48.1 Å². The molecule has 1 aromatic heterocycles. The van der Waals surface area contributed by atoms with Crippen LogP contribution in [0.25, 0.3) is 5.69 Å². The highest BCUT2D eigenvalue weighted by Crippen LogP contribution is 2.43. The molecule has 0 saturated carbocycles. The van der Waals surface area contributed by atoms with Crippen molar-refractivity contribution in [3.8, 4) is 11.4 Å². The van der Waals surface area contributed by atoms with E-state index in [1.807, 2.05) is 30.3 Å². The van der Waals surface area contributed by atoms with Crippen LogP contribution in [-0.4, -0.2) is 44.4 Å². The average molecular weight is 460 g/mol. The zero-order valence-electron chi connectivity index (χ0n) is 17.0. The third-order valence-electron chi connectivity index (χ3n) is 6.25. The summed E-state index contributed by atoms with van der Waals surface area (Å²) in [5, 5.41) is 11.3. The van der Waals surface area contributed by atoms with E-state index >= 15 is 0 Å². The summed E-state index contributed by atoms with van der Waals surface area (Å²) in [6.45, 7) is 1.45. The maximum Gasteiger partial charge on any atom is 0.332 e. The van der Waals surface area contributed by atoms with Crippen LogP contribution in [-0.2, 0) is 13.5 Å². The summed E-state index contributed by atoms with van der Waals surface area (Å²) in [6.07, 6.45) is 4.41. The molecule has 3 atom stereocenters. The lowest BCUT2D eigenvalue weighted by Gasteiger charge is -2.30. The van der Waals surface area contributed by atoms with Gasteiger partial charge in [0.05, 0.1) is 17.8 Å². The smallest absolute Gasteiger partial charge is 0.332 e. The minimum atomic E-state index is -0.313. The molecular weight excluding hydrogens is 437 g/mol. The summed E-state index contributed by atoms with van der Waals surface area (Å²) in [6, 6.07) is 11.2. The number of aliphatic hydroxyl groups is 1. The van der Waals surface area contributed by atoms with Gasteiger partial charge in [-0.05, 0) is 54.8 Å². The number of aromatic nitrogens is 2. The number of imidazole rings is 1. The molecule has 31 heavy (non-hydrogen) atoms. The van der Waals surface area contributed by atoms with E-state index in [0.29, 0.717) is 22.3 Å². The van der Waals surface area contributed by atoms with Crippen LogP contribution in [0.3, 0.4) is 0 Å². The van der Waals surface area contributed by atoms with E-state index in [-0.39, 0.29) is 23.9 Å². The number of benzene rings is 2. The Morgan fingerprint density at radius 3 is 2.55 bits per heavy atom. The Bertz CT molecular complexity index is 1170. The van der Waals surface area contributed by atoms with Crippen LogP contribution in [0.5, 0.6) is 5.75 Å². The number of aliphatic hydroxyl groups excluding tert-OH is 1. The maximum absolute atomic E-state index is 12.2. The van der Waals surface area contributed by atoms with Crippen LogP contribution < -0.4 is 10.4 Å². The number of likely N-dealkylation sites (tertiary alicyclic amines) is 1. The molecule has 2 aromatic carbocycles. The van der Waals surface area contributed by atoms with Gasteiger partial charge in [0.1, 0.15) is 11.9 Å². The first-order valence-corrected chi connectivity index (χ1v) is 11.1. The van der Waals surface area contributed by atoms with Crippen molar-refractivity contribution < 1.29 is 9.84 Å². The van der Waals surface area contributed by atoms with Gasteiger partial charge in [-0.2, -0.15) is 0 Å². The number of ether oxygens (including phenoxy) is 1.